The predicted molar refractivity (Wildman–Crippen MR) is 191 cm³/mol. The molecule has 0 aliphatic carbocycles. The van der Waals surface area contributed by atoms with Gasteiger partial charge in [-0.2, -0.15) is 17.5 Å². The Morgan fingerprint density at radius 3 is 1.28 bits per heavy atom. The van der Waals surface area contributed by atoms with Crippen LogP contribution in [-0.2, 0) is 0 Å². The van der Waals surface area contributed by atoms with E-state index in [0.717, 1.165) is 68.5 Å². The molecule has 4 heterocycles. The lowest BCUT2D eigenvalue weighted by molar-refractivity contribution is 1.28. The van der Waals surface area contributed by atoms with Gasteiger partial charge in [0.25, 0.3) is 0 Å². The molecule has 7 nitrogen and oxygen atoms in total. The van der Waals surface area contributed by atoms with Gasteiger partial charge in [-0.25, -0.2) is 9.97 Å². The van der Waals surface area contributed by atoms with Crippen LogP contribution in [0.2, 0.25) is 0 Å². The van der Waals surface area contributed by atoms with Crippen LogP contribution >= 0.6 is 23.5 Å². The van der Waals surface area contributed by atoms with E-state index in [-0.39, 0.29) is 0 Å². The highest BCUT2D eigenvalue weighted by molar-refractivity contribution is 7.01. The first-order valence-corrected chi connectivity index (χ1v) is 16.6. The summed E-state index contributed by atoms with van der Waals surface area (Å²) in [6.07, 6.45) is 0. The van der Waals surface area contributed by atoms with Crippen molar-refractivity contribution >= 4 is 73.6 Å². The number of anilines is 3. The van der Waals surface area contributed by atoms with Crippen LogP contribution in [0.3, 0.4) is 0 Å². The minimum absolute atomic E-state index is 0.681. The van der Waals surface area contributed by atoms with E-state index in [1.165, 1.54) is 22.3 Å². The third-order valence-electron chi connectivity index (χ3n) is 8.79. The minimum Gasteiger partial charge on any atom is -0.309 e. The highest BCUT2D eigenvalue weighted by atomic mass is 32.1. The lowest BCUT2D eigenvalue weighted by Crippen LogP contribution is -2.10. The Hall–Kier alpha value is -5.90. The van der Waals surface area contributed by atoms with E-state index in [1.807, 2.05) is 18.2 Å². The number of nitrogens with zero attached hydrogens (tertiary/aromatic N) is 7. The summed E-state index contributed by atoms with van der Waals surface area (Å²) in [6, 6.07) is 44.7. The van der Waals surface area contributed by atoms with Crippen LogP contribution < -0.4 is 4.90 Å². The molecule has 0 amide bonds. The molecule has 9 heteroatoms. The second-order valence-corrected chi connectivity index (χ2v) is 12.4. The fourth-order valence-electron chi connectivity index (χ4n) is 6.68. The third kappa shape index (κ3) is 3.97. The van der Waals surface area contributed by atoms with Gasteiger partial charge in [0, 0.05) is 27.9 Å². The van der Waals surface area contributed by atoms with Gasteiger partial charge < -0.3 is 4.90 Å². The Kier molecular flexibility index (Phi) is 5.78. The van der Waals surface area contributed by atoms with Gasteiger partial charge in [-0.15, -0.1) is 0 Å². The van der Waals surface area contributed by atoms with Crippen molar-refractivity contribution in [3.63, 3.8) is 0 Å². The summed E-state index contributed by atoms with van der Waals surface area (Å²) in [4.78, 5) is 12.9. The standard InChI is InChI=1S/C38H21N7S2/c1-2-10-22(11-3-1)31-32(40-34-33(39-31)35-37(43-46-41-35)38-36(34)42-47-44-38)23-18-20-24(21-19-23)45-29-16-8-6-14-27(29)25-12-4-5-13-26(25)28-15-7-9-17-30(28)45/h1-21H. The number of hydrogen-bond donors (Lipinski definition) is 0. The lowest BCUT2D eigenvalue weighted by Gasteiger charge is -2.27. The lowest BCUT2D eigenvalue weighted by atomic mass is 9.95. The Morgan fingerprint density at radius 2 is 0.766 bits per heavy atom. The SMILES string of the molecule is c1ccc(-c2nc3c4nsnc4c4nsnc4c3nc2-c2ccc(N3c4ccccc4-c4ccccc4-c4ccccc43)cc2)cc1. The molecule has 0 saturated carbocycles. The van der Waals surface area contributed by atoms with Crippen LogP contribution in [0.5, 0.6) is 0 Å². The quantitative estimate of drug-likeness (QED) is 0.190. The molecular weight excluding hydrogens is 619 g/mol. The maximum atomic E-state index is 5.27. The zero-order valence-corrected chi connectivity index (χ0v) is 26.2. The molecule has 0 N–H and O–H groups in total. The molecule has 1 aliphatic heterocycles. The highest BCUT2D eigenvalue weighted by Gasteiger charge is 2.26. The van der Waals surface area contributed by atoms with Crippen LogP contribution in [0.1, 0.15) is 0 Å². The molecule has 6 aromatic carbocycles. The minimum atomic E-state index is 0.681. The number of hydrogen-bond acceptors (Lipinski definition) is 9. The molecule has 0 saturated heterocycles. The monoisotopic (exact) mass is 639 g/mol. The molecule has 0 spiro atoms. The van der Waals surface area contributed by atoms with Crippen LogP contribution in [0.4, 0.5) is 17.1 Å². The molecule has 47 heavy (non-hydrogen) atoms. The summed E-state index contributed by atoms with van der Waals surface area (Å²) < 4.78 is 18.3. The van der Waals surface area contributed by atoms with Crippen molar-refractivity contribution in [3.8, 4) is 44.8 Å². The second-order valence-electron chi connectivity index (χ2n) is 11.4. The Bertz CT molecular complexity index is 2580. The Labute approximate surface area is 277 Å². The first-order valence-electron chi connectivity index (χ1n) is 15.2. The van der Waals surface area contributed by atoms with Crippen molar-refractivity contribution in [2.45, 2.75) is 0 Å². The number of rotatable bonds is 3. The van der Waals surface area contributed by atoms with Gasteiger partial charge in [0.05, 0.1) is 46.2 Å². The third-order valence-corrected chi connectivity index (χ3v) is 9.85. The first kappa shape index (κ1) is 26.3. The van der Waals surface area contributed by atoms with Gasteiger partial charge in [0.2, 0.25) is 0 Å². The van der Waals surface area contributed by atoms with Crippen molar-refractivity contribution in [2.24, 2.45) is 0 Å². The molecular formula is C38H21N7S2. The zero-order chi connectivity index (χ0) is 30.9. The van der Waals surface area contributed by atoms with E-state index in [1.54, 1.807) is 0 Å². The maximum absolute atomic E-state index is 5.27. The summed E-state index contributed by atoms with van der Waals surface area (Å²) >= 11 is 2.31. The van der Waals surface area contributed by atoms with E-state index >= 15 is 0 Å². The normalized spacial score (nSPS) is 12.2. The molecule has 0 radical (unpaired) electrons. The van der Waals surface area contributed by atoms with E-state index in [2.05, 4.69) is 132 Å². The summed E-state index contributed by atoms with van der Waals surface area (Å²) in [6.45, 7) is 0. The maximum Gasteiger partial charge on any atom is 0.136 e. The van der Waals surface area contributed by atoms with Gasteiger partial charge in [-0.3, -0.25) is 0 Å². The second kappa shape index (κ2) is 10.3. The van der Waals surface area contributed by atoms with Gasteiger partial charge in [0.1, 0.15) is 33.1 Å². The molecule has 3 aromatic heterocycles. The Morgan fingerprint density at radius 1 is 0.362 bits per heavy atom. The summed E-state index contributed by atoms with van der Waals surface area (Å²) in [7, 11) is 0. The zero-order valence-electron chi connectivity index (χ0n) is 24.6. The van der Waals surface area contributed by atoms with E-state index in [0.29, 0.717) is 27.6 Å². The van der Waals surface area contributed by atoms with Crippen LogP contribution in [0.25, 0.3) is 77.9 Å². The molecule has 0 fully saturated rings. The number of aromatic nitrogens is 6. The molecule has 0 atom stereocenters. The molecule has 1 aliphatic rings. The smallest absolute Gasteiger partial charge is 0.136 e. The van der Waals surface area contributed by atoms with E-state index in [4.69, 9.17) is 9.97 Å². The van der Waals surface area contributed by atoms with Crippen LogP contribution in [-0.4, -0.2) is 27.5 Å². The van der Waals surface area contributed by atoms with Crippen LogP contribution in [0.15, 0.2) is 127 Å². The van der Waals surface area contributed by atoms with Crippen molar-refractivity contribution in [2.75, 3.05) is 4.90 Å². The highest BCUT2D eigenvalue weighted by Crippen LogP contribution is 2.50. The van der Waals surface area contributed by atoms with Crippen molar-refractivity contribution in [1.29, 1.82) is 0 Å². The molecule has 10 rings (SSSR count). The molecule has 220 valence electrons. The average Bonchev–Trinajstić information content (AvgIpc) is 3.81. The Balaban J connectivity index is 1.19. The van der Waals surface area contributed by atoms with Crippen molar-refractivity contribution in [3.05, 3.63) is 127 Å². The van der Waals surface area contributed by atoms with E-state index in [9.17, 15) is 0 Å². The van der Waals surface area contributed by atoms with Crippen molar-refractivity contribution < 1.29 is 0 Å². The molecule has 9 aromatic rings. The fraction of sp³-hybridized carbons (Fsp3) is 0. The van der Waals surface area contributed by atoms with Crippen molar-refractivity contribution in [1.82, 2.24) is 27.5 Å². The summed E-state index contributed by atoms with van der Waals surface area (Å²) in [5.41, 5.74) is 15.8. The first-order chi connectivity index (χ1) is 23.3. The summed E-state index contributed by atoms with van der Waals surface area (Å²) in [5, 5.41) is 0. The van der Waals surface area contributed by atoms with Crippen LogP contribution in [0, 0.1) is 0 Å². The number of fused-ring (bicyclic) bond motifs is 11. The topological polar surface area (TPSA) is 80.6 Å². The van der Waals surface area contributed by atoms with Gasteiger partial charge >= 0.3 is 0 Å². The number of benzene rings is 6. The molecule has 0 bridgehead atoms. The van der Waals surface area contributed by atoms with Gasteiger partial charge in [0.15, 0.2) is 0 Å². The number of para-hydroxylation sites is 2. The van der Waals surface area contributed by atoms with E-state index < -0.39 is 0 Å². The fourth-order valence-corrected chi connectivity index (χ4v) is 7.78. The van der Waals surface area contributed by atoms with Gasteiger partial charge in [-0.1, -0.05) is 103 Å². The predicted octanol–water partition coefficient (Wildman–Crippen LogP) is 10.1. The molecule has 0 unspecified atom stereocenters. The largest absolute Gasteiger partial charge is 0.309 e. The summed E-state index contributed by atoms with van der Waals surface area (Å²) in [5.74, 6) is 0. The average molecular weight is 640 g/mol. The van der Waals surface area contributed by atoms with Gasteiger partial charge in [-0.05, 0) is 35.4 Å².